The van der Waals surface area contributed by atoms with Crippen molar-refractivity contribution in [3.05, 3.63) is 28.8 Å². The van der Waals surface area contributed by atoms with Crippen molar-refractivity contribution in [1.29, 1.82) is 0 Å². The van der Waals surface area contributed by atoms with E-state index in [1.807, 2.05) is 13.8 Å². The van der Waals surface area contributed by atoms with Crippen molar-refractivity contribution in [3.63, 3.8) is 0 Å². The van der Waals surface area contributed by atoms with Crippen molar-refractivity contribution in [2.45, 2.75) is 44.0 Å². The van der Waals surface area contributed by atoms with E-state index in [9.17, 15) is 8.42 Å². The lowest BCUT2D eigenvalue weighted by atomic mass is 10.1. The second kappa shape index (κ2) is 7.36. The van der Waals surface area contributed by atoms with Gasteiger partial charge >= 0.3 is 0 Å². The van der Waals surface area contributed by atoms with Crippen molar-refractivity contribution in [2.75, 3.05) is 0 Å². The van der Waals surface area contributed by atoms with E-state index >= 15 is 0 Å². The Balaban J connectivity index is 3.04. The van der Waals surface area contributed by atoms with Gasteiger partial charge in [-0.3, -0.25) is 0 Å². The summed E-state index contributed by atoms with van der Waals surface area (Å²) in [6.45, 7) is 3.97. The van der Waals surface area contributed by atoms with Crippen molar-refractivity contribution < 1.29 is 8.42 Å². The smallest absolute Gasteiger partial charge is 0.240 e. The normalized spacial score (nSPS) is 13.2. The summed E-state index contributed by atoms with van der Waals surface area (Å²) >= 11 is 10.8. The Morgan fingerprint density at radius 1 is 1.45 bits per heavy atom. The molecule has 0 aliphatic rings. The first-order chi connectivity index (χ1) is 9.31. The molecule has 0 heterocycles. The molecule has 0 aromatic heterocycles. The van der Waals surface area contributed by atoms with E-state index in [-0.39, 0.29) is 20.9 Å². The number of nitrogens with two attached hydrogens (primary N) is 1. The topological polar surface area (TPSA) is 72.2 Å². The molecule has 0 spiro atoms. The first-order valence-corrected chi connectivity index (χ1v) is 8.70. The van der Waals surface area contributed by atoms with Crippen molar-refractivity contribution >= 4 is 38.8 Å². The van der Waals surface area contributed by atoms with E-state index in [4.69, 9.17) is 29.6 Å². The maximum Gasteiger partial charge on any atom is 0.240 e. The lowest BCUT2D eigenvalue weighted by molar-refractivity contribution is 0.512. The lowest BCUT2D eigenvalue weighted by Crippen LogP contribution is -2.34. The van der Waals surface area contributed by atoms with E-state index in [2.05, 4.69) is 4.72 Å². The summed E-state index contributed by atoms with van der Waals surface area (Å²) in [7, 11) is -3.58. The molecule has 112 valence electrons. The van der Waals surface area contributed by atoms with E-state index < -0.39 is 10.0 Å². The number of halogens is 1. The fourth-order valence-corrected chi connectivity index (χ4v) is 3.81. The third kappa shape index (κ3) is 4.41. The Kier molecular flexibility index (Phi) is 6.39. The molecule has 0 amide bonds. The fourth-order valence-electron chi connectivity index (χ4n) is 1.85. The Morgan fingerprint density at radius 2 is 2.10 bits per heavy atom. The standard InChI is InChI=1S/C13H19ClN2O2S2/c1-3-5-9(4-2)16-20(17,18)10-6-7-11(13(15)19)12(14)8-10/h6-9,16H,3-5H2,1-2H3,(H2,15,19). The summed E-state index contributed by atoms with van der Waals surface area (Å²) in [4.78, 5) is 0.265. The third-order valence-electron chi connectivity index (χ3n) is 2.97. The predicted molar refractivity (Wildman–Crippen MR) is 86.6 cm³/mol. The molecule has 0 radical (unpaired) electrons. The highest BCUT2D eigenvalue weighted by atomic mass is 35.5. The maximum atomic E-state index is 12.3. The summed E-state index contributed by atoms with van der Waals surface area (Å²) < 4.78 is 27.2. The van der Waals surface area contributed by atoms with Gasteiger partial charge in [0.15, 0.2) is 0 Å². The molecular formula is C13H19ClN2O2S2. The minimum atomic E-state index is -3.58. The summed E-state index contributed by atoms with van der Waals surface area (Å²) in [5, 5.41) is 0.240. The van der Waals surface area contributed by atoms with Gasteiger partial charge in [0.25, 0.3) is 0 Å². The van der Waals surface area contributed by atoms with Crippen LogP contribution in [0.3, 0.4) is 0 Å². The molecule has 7 heteroatoms. The minimum Gasteiger partial charge on any atom is -0.389 e. The van der Waals surface area contributed by atoms with Crippen LogP contribution in [0.25, 0.3) is 0 Å². The van der Waals surface area contributed by atoms with E-state index in [0.29, 0.717) is 5.56 Å². The molecule has 20 heavy (non-hydrogen) atoms. The molecule has 1 rings (SSSR count). The van der Waals surface area contributed by atoms with E-state index in [1.165, 1.54) is 18.2 Å². The van der Waals surface area contributed by atoms with Crippen LogP contribution in [0.4, 0.5) is 0 Å². The van der Waals surface area contributed by atoms with E-state index in [1.54, 1.807) is 0 Å². The molecule has 0 bridgehead atoms. The van der Waals surface area contributed by atoms with Crippen LogP contribution < -0.4 is 10.5 Å². The average Bonchev–Trinajstić information content (AvgIpc) is 2.37. The number of hydrogen-bond donors (Lipinski definition) is 2. The second-order valence-corrected chi connectivity index (χ2v) is 7.08. The number of hydrogen-bond acceptors (Lipinski definition) is 3. The van der Waals surface area contributed by atoms with Crippen LogP contribution in [0.1, 0.15) is 38.7 Å². The maximum absolute atomic E-state index is 12.3. The molecule has 0 aliphatic heterocycles. The van der Waals surface area contributed by atoms with Gasteiger partial charge in [0.2, 0.25) is 10.0 Å². The summed E-state index contributed by atoms with van der Waals surface area (Å²) in [6, 6.07) is 4.29. The number of benzene rings is 1. The molecule has 1 atom stereocenters. The molecule has 1 aromatic rings. The quantitative estimate of drug-likeness (QED) is 0.752. The molecule has 1 unspecified atom stereocenters. The van der Waals surface area contributed by atoms with Crippen LogP contribution in [-0.2, 0) is 10.0 Å². The average molecular weight is 335 g/mol. The molecule has 0 saturated carbocycles. The van der Waals surface area contributed by atoms with Crippen molar-refractivity contribution in [3.8, 4) is 0 Å². The summed E-state index contributed by atoms with van der Waals surface area (Å²) in [6.07, 6.45) is 2.46. The Morgan fingerprint density at radius 3 is 2.55 bits per heavy atom. The van der Waals surface area contributed by atoms with Gasteiger partial charge in [-0.05, 0) is 31.0 Å². The van der Waals surface area contributed by atoms with Crippen LogP contribution in [-0.4, -0.2) is 19.4 Å². The van der Waals surface area contributed by atoms with E-state index in [0.717, 1.165) is 19.3 Å². The Hall–Kier alpha value is -0.690. The number of rotatable bonds is 7. The van der Waals surface area contributed by atoms with Gasteiger partial charge in [0.05, 0.1) is 9.92 Å². The highest BCUT2D eigenvalue weighted by molar-refractivity contribution is 7.89. The van der Waals surface area contributed by atoms with Gasteiger partial charge in [-0.25, -0.2) is 13.1 Å². The number of nitrogens with one attached hydrogen (secondary N) is 1. The first-order valence-electron chi connectivity index (χ1n) is 6.43. The largest absolute Gasteiger partial charge is 0.389 e. The molecular weight excluding hydrogens is 316 g/mol. The van der Waals surface area contributed by atoms with Gasteiger partial charge in [-0.1, -0.05) is 44.1 Å². The predicted octanol–water partition coefficient (Wildman–Crippen LogP) is 2.83. The second-order valence-electron chi connectivity index (χ2n) is 4.52. The van der Waals surface area contributed by atoms with Crippen LogP contribution in [0.2, 0.25) is 5.02 Å². The minimum absolute atomic E-state index is 0.0703. The first kappa shape index (κ1) is 17.4. The van der Waals surface area contributed by atoms with Crippen LogP contribution in [0.15, 0.2) is 23.1 Å². The zero-order valence-electron chi connectivity index (χ0n) is 11.5. The van der Waals surface area contributed by atoms with Gasteiger partial charge in [0.1, 0.15) is 4.99 Å². The molecule has 0 fully saturated rings. The number of thiocarbonyl (C=S) groups is 1. The van der Waals surface area contributed by atoms with Gasteiger partial charge in [-0.2, -0.15) is 0 Å². The molecule has 0 aliphatic carbocycles. The van der Waals surface area contributed by atoms with Crippen LogP contribution in [0, 0.1) is 0 Å². The SMILES string of the molecule is CCCC(CC)NS(=O)(=O)c1ccc(C(N)=S)c(Cl)c1. The van der Waals surface area contributed by atoms with Gasteiger partial charge in [-0.15, -0.1) is 0 Å². The molecule has 1 aromatic carbocycles. The van der Waals surface area contributed by atoms with Crippen molar-refractivity contribution in [1.82, 2.24) is 4.72 Å². The summed E-state index contributed by atoms with van der Waals surface area (Å²) in [5.74, 6) is 0. The highest BCUT2D eigenvalue weighted by Crippen LogP contribution is 2.21. The summed E-state index contributed by atoms with van der Waals surface area (Å²) in [5.41, 5.74) is 5.97. The molecule has 3 N–H and O–H groups in total. The third-order valence-corrected chi connectivity index (χ3v) is 5.02. The monoisotopic (exact) mass is 334 g/mol. The van der Waals surface area contributed by atoms with Crippen LogP contribution in [0.5, 0.6) is 0 Å². The van der Waals surface area contributed by atoms with Gasteiger partial charge < -0.3 is 5.73 Å². The Labute approximate surface area is 130 Å². The lowest BCUT2D eigenvalue weighted by Gasteiger charge is -2.16. The van der Waals surface area contributed by atoms with Gasteiger partial charge in [0, 0.05) is 11.6 Å². The highest BCUT2D eigenvalue weighted by Gasteiger charge is 2.19. The van der Waals surface area contributed by atoms with Crippen molar-refractivity contribution in [2.24, 2.45) is 5.73 Å². The number of sulfonamides is 1. The fraction of sp³-hybridized carbons (Fsp3) is 0.462. The zero-order valence-corrected chi connectivity index (χ0v) is 13.9. The zero-order chi connectivity index (χ0) is 15.3. The molecule has 0 saturated heterocycles. The molecule has 4 nitrogen and oxygen atoms in total. The Bertz CT molecular complexity index is 588. The van der Waals surface area contributed by atoms with Crippen LogP contribution >= 0.6 is 23.8 Å².